The second kappa shape index (κ2) is 4.97. The molecule has 2 rings (SSSR count). The average Bonchev–Trinajstić information content (AvgIpc) is 2.36. The van der Waals surface area contributed by atoms with Gasteiger partial charge < -0.3 is 10.8 Å². The Morgan fingerprint density at radius 1 is 1.22 bits per heavy atom. The Bertz CT molecular complexity index is 457. The molecule has 1 aliphatic carbocycles. The highest BCUT2D eigenvalue weighted by Gasteiger charge is 2.52. The van der Waals surface area contributed by atoms with E-state index < -0.39 is 11.3 Å². The van der Waals surface area contributed by atoms with Crippen LogP contribution in [0.25, 0.3) is 0 Å². The number of rotatable bonds is 2. The third-order valence-corrected chi connectivity index (χ3v) is 4.56. The van der Waals surface area contributed by atoms with Gasteiger partial charge in [0.05, 0.1) is 10.0 Å². The van der Waals surface area contributed by atoms with Gasteiger partial charge in [-0.3, -0.25) is 0 Å². The van der Waals surface area contributed by atoms with Crippen molar-refractivity contribution in [3.63, 3.8) is 0 Å². The maximum atomic E-state index is 14.8. The lowest BCUT2D eigenvalue weighted by atomic mass is 9.69. The van der Waals surface area contributed by atoms with Gasteiger partial charge in [0.2, 0.25) is 0 Å². The van der Waals surface area contributed by atoms with Gasteiger partial charge in [-0.05, 0) is 43.4 Å². The molecule has 1 aromatic rings. The molecular formula is C13H16Cl2FNO. The molecule has 2 atom stereocenters. The summed E-state index contributed by atoms with van der Waals surface area (Å²) in [7, 11) is 0. The summed E-state index contributed by atoms with van der Waals surface area (Å²) in [5.74, 6) is 0. The zero-order chi connectivity index (χ0) is 13.4. The van der Waals surface area contributed by atoms with Crippen LogP contribution in [-0.2, 0) is 5.60 Å². The molecule has 0 radical (unpaired) electrons. The molecule has 3 N–H and O–H groups in total. The minimum Gasteiger partial charge on any atom is -0.382 e. The van der Waals surface area contributed by atoms with E-state index in [9.17, 15) is 9.50 Å². The summed E-state index contributed by atoms with van der Waals surface area (Å²) in [6.45, 7) is -0.205. The quantitative estimate of drug-likeness (QED) is 0.877. The number of alkyl halides is 1. The molecule has 1 saturated carbocycles. The van der Waals surface area contributed by atoms with Crippen molar-refractivity contribution in [1.29, 1.82) is 0 Å². The van der Waals surface area contributed by atoms with Crippen LogP contribution < -0.4 is 5.73 Å². The van der Waals surface area contributed by atoms with Crippen molar-refractivity contribution in [3.05, 3.63) is 33.8 Å². The third-order valence-electron chi connectivity index (χ3n) is 3.82. The number of halogens is 3. The maximum absolute atomic E-state index is 14.8. The van der Waals surface area contributed by atoms with E-state index in [4.69, 9.17) is 28.9 Å². The van der Waals surface area contributed by atoms with Crippen LogP contribution >= 0.6 is 23.2 Å². The molecule has 0 unspecified atom stereocenters. The second-order valence-corrected chi connectivity index (χ2v) is 5.68. The molecule has 0 amide bonds. The fourth-order valence-electron chi connectivity index (χ4n) is 2.64. The standard InChI is InChI=1S/C13H16Cl2FNO/c14-10-4-3-9(7-11(10)15)13(18)6-2-1-5-12(13,16)8-17/h3-4,7,18H,1-2,5-6,8,17H2/t12-,13-/m0/s1. The summed E-state index contributed by atoms with van der Waals surface area (Å²) in [4.78, 5) is 0. The molecule has 2 nitrogen and oxygen atoms in total. The van der Waals surface area contributed by atoms with E-state index in [2.05, 4.69) is 0 Å². The third kappa shape index (κ3) is 2.14. The van der Waals surface area contributed by atoms with Crippen molar-refractivity contribution >= 4 is 23.2 Å². The Labute approximate surface area is 116 Å². The van der Waals surface area contributed by atoms with Crippen molar-refractivity contribution in [2.45, 2.75) is 37.0 Å². The first-order valence-corrected chi connectivity index (χ1v) is 6.75. The van der Waals surface area contributed by atoms with Gasteiger partial charge in [-0.1, -0.05) is 29.3 Å². The lowest BCUT2D eigenvalue weighted by Crippen LogP contribution is -2.55. The largest absolute Gasteiger partial charge is 0.382 e. The van der Waals surface area contributed by atoms with Crippen molar-refractivity contribution < 1.29 is 9.50 Å². The highest BCUT2D eigenvalue weighted by Crippen LogP contribution is 2.47. The van der Waals surface area contributed by atoms with E-state index in [1.165, 1.54) is 6.07 Å². The van der Waals surface area contributed by atoms with Crippen LogP contribution in [0.15, 0.2) is 18.2 Å². The van der Waals surface area contributed by atoms with Gasteiger partial charge in [-0.15, -0.1) is 0 Å². The molecule has 0 bridgehead atoms. The van der Waals surface area contributed by atoms with Crippen molar-refractivity contribution in [2.24, 2.45) is 5.73 Å². The van der Waals surface area contributed by atoms with Crippen LogP contribution in [-0.4, -0.2) is 17.3 Å². The van der Waals surface area contributed by atoms with Gasteiger partial charge in [-0.25, -0.2) is 4.39 Å². The Morgan fingerprint density at radius 2 is 1.89 bits per heavy atom. The molecule has 1 fully saturated rings. The second-order valence-electron chi connectivity index (χ2n) is 4.87. The first-order chi connectivity index (χ1) is 8.43. The molecule has 18 heavy (non-hydrogen) atoms. The highest BCUT2D eigenvalue weighted by atomic mass is 35.5. The zero-order valence-electron chi connectivity index (χ0n) is 9.93. The molecule has 5 heteroatoms. The zero-order valence-corrected chi connectivity index (χ0v) is 11.4. The van der Waals surface area contributed by atoms with E-state index >= 15 is 0 Å². The van der Waals surface area contributed by atoms with Crippen LogP contribution in [0.4, 0.5) is 4.39 Å². The number of aliphatic hydroxyl groups is 1. The van der Waals surface area contributed by atoms with E-state index in [-0.39, 0.29) is 13.0 Å². The fourth-order valence-corrected chi connectivity index (χ4v) is 2.94. The van der Waals surface area contributed by atoms with Gasteiger partial charge in [-0.2, -0.15) is 0 Å². The molecular weight excluding hydrogens is 276 g/mol. The van der Waals surface area contributed by atoms with Crippen LogP contribution in [0.1, 0.15) is 31.2 Å². The predicted octanol–water partition coefficient (Wildman–Crippen LogP) is 3.42. The number of hydrogen-bond donors (Lipinski definition) is 2. The summed E-state index contributed by atoms with van der Waals surface area (Å²) in [5, 5.41) is 11.4. The van der Waals surface area contributed by atoms with Gasteiger partial charge in [0.1, 0.15) is 5.60 Å². The Balaban J connectivity index is 2.47. The molecule has 100 valence electrons. The lowest BCUT2D eigenvalue weighted by Gasteiger charge is -2.45. The average molecular weight is 292 g/mol. The highest BCUT2D eigenvalue weighted by molar-refractivity contribution is 6.42. The molecule has 1 aliphatic rings. The van der Waals surface area contributed by atoms with Crippen molar-refractivity contribution in [3.8, 4) is 0 Å². The number of hydrogen-bond acceptors (Lipinski definition) is 2. The smallest absolute Gasteiger partial charge is 0.155 e. The topological polar surface area (TPSA) is 46.2 Å². The first-order valence-electron chi connectivity index (χ1n) is 6.00. The van der Waals surface area contributed by atoms with Crippen LogP contribution in [0, 0.1) is 0 Å². The van der Waals surface area contributed by atoms with Crippen molar-refractivity contribution in [1.82, 2.24) is 0 Å². The summed E-state index contributed by atoms with van der Waals surface area (Å²) in [6.07, 6.45) is 2.11. The molecule has 1 aromatic carbocycles. The molecule has 0 aliphatic heterocycles. The normalized spacial score (nSPS) is 32.5. The van der Waals surface area contributed by atoms with Crippen LogP contribution in [0.5, 0.6) is 0 Å². The predicted molar refractivity (Wildman–Crippen MR) is 71.7 cm³/mol. The Morgan fingerprint density at radius 3 is 2.50 bits per heavy atom. The van der Waals surface area contributed by atoms with Crippen LogP contribution in [0.2, 0.25) is 10.0 Å². The van der Waals surface area contributed by atoms with Gasteiger partial charge in [0.25, 0.3) is 0 Å². The van der Waals surface area contributed by atoms with E-state index in [1.54, 1.807) is 12.1 Å². The molecule has 0 spiro atoms. The number of nitrogens with two attached hydrogens (primary N) is 1. The molecule has 0 aromatic heterocycles. The number of benzene rings is 1. The monoisotopic (exact) mass is 291 g/mol. The summed E-state index contributed by atoms with van der Waals surface area (Å²) in [5.41, 5.74) is 2.59. The minimum absolute atomic E-state index is 0.205. The summed E-state index contributed by atoms with van der Waals surface area (Å²) < 4.78 is 14.8. The SMILES string of the molecule is NC[C@@]1(F)CCCC[C@]1(O)c1ccc(Cl)c(Cl)c1. The lowest BCUT2D eigenvalue weighted by molar-refractivity contribution is -0.132. The van der Waals surface area contributed by atoms with Crippen LogP contribution in [0.3, 0.4) is 0 Å². The Kier molecular flexibility index (Phi) is 3.88. The van der Waals surface area contributed by atoms with Gasteiger partial charge >= 0.3 is 0 Å². The Hall–Kier alpha value is -0.350. The summed E-state index contributed by atoms with van der Waals surface area (Å²) in [6, 6.07) is 4.71. The summed E-state index contributed by atoms with van der Waals surface area (Å²) >= 11 is 11.8. The van der Waals surface area contributed by atoms with Gasteiger partial charge in [0.15, 0.2) is 5.67 Å². The van der Waals surface area contributed by atoms with Gasteiger partial charge in [0, 0.05) is 6.54 Å². The first kappa shape index (κ1) is 14.1. The fraction of sp³-hybridized carbons (Fsp3) is 0.538. The molecule has 0 saturated heterocycles. The van der Waals surface area contributed by atoms with E-state index in [0.717, 1.165) is 12.8 Å². The van der Waals surface area contributed by atoms with E-state index in [1.807, 2.05) is 0 Å². The maximum Gasteiger partial charge on any atom is 0.155 e. The molecule has 0 heterocycles. The van der Waals surface area contributed by atoms with E-state index in [0.29, 0.717) is 22.0 Å². The van der Waals surface area contributed by atoms with Crippen molar-refractivity contribution in [2.75, 3.05) is 6.54 Å². The minimum atomic E-state index is -1.80.